The van der Waals surface area contributed by atoms with E-state index in [1.807, 2.05) is 4.90 Å². The Labute approximate surface area is 89.1 Å². The van der Waals surface area contributed by atoms with Crippen LogP contribution >= 0.6 is 35.6 Å². The summed E-state index contributed by atoms with van der Waals surface area (Å²) in [5, 5.41) is 0.635. The molecule has 0 heterocycles. The Kier molecular flexibility index (Phi) is 6.90. The number of thiocarbonyl (C=S) groups is 1. The van der Waals surface area contributed by atoms with Gasteiger partial charge in [0.05, 0.1) is 6.54 Å². The molecule has 12 heavy (non-hydrogen) atoms. The maximum atomic E-state index is 5.69. The van der Waals surface area contributed by atoms with E-state index in [-0.39, 0.29) is 0 Å². The zero-order chi connectivity index (χ0) is 9.56. The molecule has 0 N–H and O–H groups in total. The van der Waals surface area contributed by atoms with E-state index in [0.29, 0.717) is 11.6 Å². The van der Waals surface area contributed by atoms with Crippen LogP contribution in [0.15, 0.2) is 11.6 Å². The van der Waals surface area contributed by atoms with Crippen LogP contribution in [0.1, 0.15) is 13.8 Å². The maximum absolute atomic E-state index is 5.69. The normalized spacial score (nSPS) is 9.58. The Morgan fingerprint density at radius 1 is 1.58 bits per heavy atom. The molecule has 0 aromatic rings. The number of hydrogen-bond donors (Lipinski definition) is 0. The van der Waals surface area contributed by atoms with E-state index < -0.39 is 0 Å². The molecule has 0 fully saturated rings. The SMILES string of the molecule is C=C(Cl)CN(CC)C(=S)SCC. The molecule has 70 valence electrons. The third-order valence-corrected chi connectivity index (χ3v) is 2.80. The lowest BCUT2D eigenvalue weighted by Crippen LogP contribution is -2.28. The molecule has 0 saturated heterocycles. The zero-order valence-electron chi connectivity index (χ0n) is 7.47. The number of thioether (sulfide) groups is 1. The molecule has 0 saturated carbocycles. The monoisotopic (exact) mass is 223 g/mol. The fraction of sp³-hybridized carbons (Fsp3) is 0.625. The molecule has 0 rings (SSSR count). The van der Waals surface area contributed by atoms with E-state index in [1.165, 1.54) is 0 Å². The predicted octanol–water partition coefficient (Wildman–Crippen LogP) is 3.10. The minimum atomic E-state index is 0.635. The van der Waals surface area contributed by atoms with Crippen molar-refractivity contribution < 1.29 is 0 Å². The molecule has 0 spiro atoms. The highest BCUT2D eigenvalue weighted by Crippen LogP contribution is 2.11. The Balaban J connectivity index is 3.96. The van der Waals surface area contributed by atoms with Gasteiger partial charge in [0.1, 0.15) is 4.32 Å². The Morgan fingerprint density at radius 2 is 2.17 bits per heavy atom. The van der Waals surface area contributed by atoms with Gasteiger partial charge >= 0.3 is 0 Å². The van der Waals surface area contributed by atoms with Gasteiger partial charge in [-0.2, -0.15) is 0 Å². The fourth-order valence-electron chi connectivity index (χ4n) is 0.727. The molecule has 0 aromatic carbocycles. The van der Waals surface area contributed by atoms with Crippen molar-refractivity contribution in [3.63, 3.8) is 0 Å². The largest absolute Gasteiger partial charge is 0.353 e. The molecule has 0 amide bonds. The second kappa shape index (κ2) is 6.75. The molecule has 0 bridgehead atoms. The highest BCUT2D eigenvalue weighted by molar-refractivity contribution is 8.22. The molecule has 0 aromatic heterocycles. The van der Waals surface area contributed by atoms with E-state index in [9.17, 15) is 0 Å². The number of halogens is 1. The highest BCUT2D eigenvalue weighted by atomic mass is 35.5. The van der Waals surface area contributed by atoms with Crippen molar-refractivity contribution in [2.24, 2.45) is 0 Å². The highest BCUT2D eigenvalue weighted by Gasteiger charge is 2.06. The van der Waals surface area contributed by atoms with Crippen molar-refractivity contribution in [3.8, 4) is 0 Å². The summed E-state index contributed by atoms with van der Waals surface area (Å²) >= 11 is 12.5. The topological polar surface area (TPSA) is 3.24 Å². The molecular weight excluding hydrogens is 210 g/mol. The molecule has 0 atom stereocenters. The fourth-order valence-corrected chi connectivity index (χ4v) is 2.04. The average Bonchev–Trinajstić information content (AvgIpc) is 2.00. The van der Waals surface area contributed by atoms with Gasteiger partial charge in [0.2, 0.25) is 0 Å². The molecule has 0 radical (unpaired) electrons. The van der Waals surface area contributed by atoms with E-state index in [4.69, 9.17) is 23.8 Å². The predicted molar refractivity (Wildman–Crippen MR) is 63.0 cm³/mol. The van der Waals surface area contributed by atoms with Crippen LogP contribution in [0.5, 0.6) is 0 Å². The van der Waals surface area contributed by atoms with E-state index in [1.54, 1.807) is 11.8 Å². The summed E-state index contributed by atoms with van der Waals surface area (Å²) in [4.78, 5) is 2.04. The number of likely N-dealkylation sites (N-methyl/N-ethyl adjacent to an activating group) is 1. The second-order valence-corrected chi connectivity index (χ2v) is 4.66. The summed E-state index contributed by atoms with van der Waals surface area (Å²) < 4.78 is 0.904. The average molecular weight is 224 g/mol. The summed E-state index contributed by atoms with van der Waals surface area (Å²) in [6, 6.07) is 0. The van der Waals surface area contributed by atoms with Crippen LogP contribution in [0.3, 0.4) is 0 Å². The quantitative estimate of drug-likeness (QED) is 0.675. The van der Waals surface area contributed by atoms with Gasteiger partial charge in [-0.3, -0.25) is 0 Å². The standard InChI is InChI=1S/C8H14ClNS2/c1-4-10(6-7(3)9)8(11)12-5-2/h3-6H2,1-2H3. The van der Waals surface area contributed by atoms with Crippen LogP contribution in [0.25, 0.3) is 0 Å². The Morgan fingerprint density at radius 3 is 2.50 bits per heavy atom. The first-order valence-electron chi connectivity index (χ1n) is 3.86. The minimum absolute atomic E-state index is 0.635. The number of nitrogens with zero attached hydrogens (tertiary/aromatic N) is 1. The lowest BCUT2D eigenvalue weighted by molar-refractivity contribution is 0.502. The van der Waals surface area contributed by atoms with Gasteiger partial charge in [0.15, 0.2) is 0 Å². The van der Waals surface area contributed by atoms with Gasteiger partial charge in [-0.25, -0.2) is 0 Å². The number of rotatable bonds is 4. The maximum Gasteiger partial charge on any atom is 0.136 e. The second-order valence-electron chi connectivity index (χ2n) is 2.23. The first-order valence-corrected chi connectivity index (χ1v) is 5.64. The summed E-state index contributed by atoms with van der Waals surface area (Å²) in [6.07, 6.45) is 0. The van der Waals surface area contributed by atoms with Crippen LogP contribution in [-0.2, 0) is 0 Å². The Hall–Kier alpha value is 0.270. The van der Waals surface area contributed by atoms with Crippen LogP contribution in [0.4, 0.5) is 0 Å². The van der Waals surface area contributed by atoms with Crippen LogP contribution in [0.2, 0.25) is 0 Å². The first-order chi connectivity index (χ1) is 5.61. The molecule has 0 aliphatic rings. The van der Waals surface area contributed by atoms with Gasteiger partial charge in [-0.05, 0) is 12.7 Å². The molecular formula is C8H14ClNS2. The van der Waals surface area contributed by atoms with Gasteiger partial charge in [0.25, 0.3) is 0 Å². The molecule has 0 aliphatic carbocycles. The molecule has 0 aliphatic heterocycles. The Bertz CT molecular complexity index is 170. The van der Waals surface area contributed by atoms with Crippen molar-refractivity contribution in [2.75, 3.05) is 18.8 Å². The third-order valence-electron chi connectivity index (χ3n) is 1.27. The van der Waals surface area contributed by atoms with Crippen molar-refractivity contribution >= 4 is 39.9 Å². The summed E-state index contributed by atoms with van der Waals surface area (Å²) in [6.45, 7) is 9.32. The van der Waals surface area contributed by atoms with E-state index >= 15 is 0 Å². The van der Waals surface area contributed by atoms with Gasteiger partial charge in [-0.15, -0.1) is 0 Å². The van der Waals surface area contributed by atoms with Gasteiger partial charge < -0.3 is 4.90 Å². The van der Waals surface area contributed by atoms with E-state index in [2.05, 4.69) is 20.4 Å². The lowest BCUT2D eigenvalue weighted by atomic mass is 10.5. The van der Waals surface area contributed by atoms with Crippen LogP contribution in [-0.4, -0.2) is 28.1 Å². The minimum Gasteiger partial charge on any atom is -0.353 e. The lowest BCUT2D eigenvalue weighted by Gasteiger charge is -2.21. The van der Waals surface area contributed by atoms with Crippen LogP contribution < -0.4 is 0 Å². The molecule has 0 unspecified atom stereocenters. The van der Waals surface area contributed by atoms with Gasteiger partial charge in [-0.1, -0.05) is 49.1 Å². The molecule has 4 heteroatoms. The van der Waals surface area contributed by atoms with Crippen molar-refractivity contribution in [1.29, 1.82) is 0 Å². The summed E-state index contributed by atoms with van der Waals surface area (Å²) in [5.41, 5.74) is 0. The molecule has 1 nitrogen and oxygen atoms in total. The first kappa shape index (κ1) is 12.3. The smallest absolute Gasteiger partial charge is 0.136 e. The van der Waals surface area contributed by atoms with Crippen molar-refractivity contribution in [3.05, 3.63) is 11.6 Å². The third kappa shape index (κ3) is 5.01. The summed E-state index contributed by atoms with van der Waals surface area (Å²) in [5.74, 6) is 1.00. The van der Waals surface area contributed by atoms with Crippen molar-refractivity contribution in [2.45, 2.75) is 13.8 Å². The summed E-state index contributed by atoms with van der Waals surface area (Å²) in [7, 11) is 0. The van der Waals surface area contributed by atoms with E-state index in [0.717, 1.165) is 16.6 Å². The van der Waals surface area contributed by atoms with Crippen molar-refractivity contribution in [1.82, 2.24) is 4.90 Å². The number of hydrogen-bond acceptors (Lipinski definition) is 2. The zero-order valence-corrected chi connectivity index (χ0v) is 9.86. The van der Waals surface area contributed by atoms with Crippen LogP contribution in [0, 0.1) is 0 Å². The van der Waals surface area contributed by atoms with Gasteiger partial charge in [0, 0.05) is 11.6 Å².